The Hall–Kier alpha value is -1.43. The van der Waals surface area contributed by atoms with Crippen molar-refractivity contribution in [2.45, 2.75) is 31.7 Å². The molecule has 1 aliphatic carbocycles. The van der Waals surface area contributed by atoms with E-state index in [1.54, 1.807) is 0 Å². The molecule has 6 nitrogen and oxygen atoms in total. The lowest BCUT2D eigenvalue weighted by atomic mass is 9.85. The van der Waals surface area contributed by atoms with E-state index in [1.807, 2.05) is 0 Å². The molecular weight excluding hydrogens is 196 g/mol. The molecule has 0 radical (unpaired) electrons. The van der Waals surface area contributed by atoms with Gasteiger partial charge in [0.1, 0.15) is 0 Å². The molecular formula is C9H14N4O2. The van der Waals surface area contributed by atoms with Gasteiger partial charge in [-0.1, -0.05) is 11.6 Å². The van der Waals surface area contributed by atoms with E-state index in [2.05, 4.69) is 15.5 Å². The first-order valence-electron chi connectivity index (χ1n) is 5.07. The fraction of sp³-hybridized carbons (Fsp3) is 0.667. The van der Waals surface area contributed by atoms with Gasteiger partial charge in [-0.25, -0.2) is 0 Å². The van der Waals surface area contributed by atoms with Crippen molar-refractivity contribution in [1.82, 2.24) is 15.5 Å². The van der Waals surface area contributed by atoms with Crippen LogP contribution in [0.15, 0.2) is 4.52 Å². The number of hydrogen-bond acceptors (Lipinski definition) is 5. The number of primary amides is 1. The molecule has 0 saturated heterocycles. The average Bonchev–Trinajstić information content (AvgIpc) is 2.49. The zero-order valence-electron chi connectivity index (χ0n) is 8.40. The second-order valence-corrected chi connectivity index (χ2v) is 3.74. The SMILES string of the molecule is NC(=O)CNCc1nc(C2CCC2)no1. The number of carbonyl (C=O) groups is 1. The van der Waals surface area contributed by atoms with E-state index in [-0.39, 0.29) is 6.54 Å². The maximum atomic E-state index is 10.5. The van der Waals surface area contributed by atoms with Crippen LogP contribution in [-0.2, 0) is 11.3 Å². The molecule has 1 aliphatic rings. The van der Waals surface area contributed by atoms with Gasteiger partial charge >= 0.3 is 0 Å². The highest BCUT2D eigenvalue weighted by atomic mass is 16.5. The Labute approximate surface area is 87.2 Å². The van der Waals surface area contributed by atoms with Crippen LogP contribution in [0.3, 0.4) is 0 Å². The van der Waals surface area contributed by atoms with Gasteiger partial charge in [-0.2, -0.15) is 4.98 Å². The van der Waals surface area contributed by atoms with Crippen LogP contribution in [0.1, 0.15) is 36.9 Å². The Kier molecular flexibility index (Phi) is 2.96. The first-order valence-corrected chi connectivity index (χ1v) is 5.07. The molecule has 1 heterocycles. The van der Waals surface area contributed by atoms with Crippen molar-refractivity contribution in [3.63, 3.8) is 0 Å². The zero-order valence-corrected chi connectivity index (χ0v) is 8.40. The van der Waals surface area contributed by atoms with E-state index in [0.29, 0.717) is 18.4 Å². The van der Waals surface area contributed by atoms with Crippen molar-refractivity contribution in [2.75, 3.05) is 6.54 Å². The minimum atomic E-state index is -0.395. The molecule has 1 amide bonds. The van der Waals surface area contributed by atoms with Gasteiger partial charge in [0, 0.05) is 5.92 Å². The number of amides is 1. The third kappa shape index (κ3) is 2.53. The van der Waals surface area contributed by atoms with Gasteiger partial charge in [-0.3, -0.25) is 10.1 Å². The summed E-state index contributed by atoms with van der Waals surface area (Å²) in [5.41, 5.74) is 4.97. The first-order chi connectivity index (χ1) is 7.25. The highest BCUT2D eigenvalue weighted by Crippen LogP contribution is 2.34. The topological polar surface area (TPSA) is 94.0 Å². The summed E-state index contributed by atoms with van der Waals surface area (Å²) in [5.74, 6) is 1.38. The number of rotatable bonds is 5. The summed E-state index contributed by atoms with van der Waals surface area (Å²) in [5, 5.41) is 6.71. The van der Waals surface area contributed by atoms with Crippen LogP contribution in [0.25, 0.3) is 0 Å². The molecule has 1 saturated carbocycles. The fourth-order valence-electron chi connectivity index (χ4n) is 1.46. The van der Waals surface area contributed by atoms with Crippen molar-refractivity contribution in [3.8, 4) is 0 Å². The molecule has 2 rings (SSSR count). The van der Waals surface area contributed by atoms with Crippen LogP contribution >= 0.6 is 0 Å². The molecule has 0 unspecified atom stereocenters. The summed E-state index contributed by atoms with van der Waals surface area (Å²) in [4.78, 5) is 14.7. The molecule has 0 atom stereocenters. The van der Waals surface area contributed by atoms with Crippen molar-refractivity contribution in [2.24, 2.45) is 5.73 Å². The standard InChI is InChI=1S/C9H14N4O2/c10-7(14)4-11-5-8-12-9(13-15-8)6-2-1-3-6/h6,11H,1-5H2,(H2,10,14). The lowest BCUT2D eigenvalue weighted by Gasteiger charge is -2.20. The molecule has 0 bridgehead atoms. The zero-order chi connectivity index (χ0) is 10.7. The molecule has 0 aliphatic heterocycles. The Morgan fingerprint density at radius 1 is 1.60 bits per heavy atom. The summed E-state index contributed by atoms with van der Waals surface area (Å²) >= 11 is 0. The second-order valence-electron chi connectivity index (χ2n) is 3.74. The Balaban J connectivity index is 1.81. The van der Waals surface area contributed by atoms with Crippen LogP contribution in [0.4, 0.5) is 0 Å². The molecule has 1 aromatic rings. The second kappa shape index (κ2) is 4.39. The predicted molar refractivity (Wildman–Crippen MR) is 51.8 cm³/mol. The van der Waals surface area contributed by atoms with E-state index in [4.69, 9.17) is 10.3 Å². The summed E-state index contributed by atoms with van der Waals surface area (Å²) < 4.78 is 5.03. The summed E-state index contributed by atoms with van der Waals surface area (Å²) in [6.07, 6.45) is 3.54. The maximum absolute atomic E-state index is 10.5. The minimum absolute atomic E-state index is 0.126. The van der Waals surface area contributed by atoms with Gasteiger partial charge in [0.25, 0.3) is 0 Å². The molecule has 1 aromatic heterocycles. The van der Waals surface area contributed by atoms with Gasteiger partial charge in [0.2, 0.25) is 11.8 Å². The molecule has 82 valence electrons. The van der Waals surface area contributed by atoms with E-state index < -0.39 is 5.91 Å². The van der Waals surface area contributed by atoms with E-state index >= 15 is 0 Å². The molecule has 3 N–H and O–H groups in total. The Morgan fingerprint density at radius 2 is 2.40 bits per heavy atom. The van der Waals surface area contributed by atoms with Gasteiger partial charge < -0.3 is 10.3 Å². The number of nitrogens with one attached hydrogen (secondary N) is 1. The summed E-state index contributed by atoms with van der Waals surface area (Å²) in [6, 6.07) is 0. The van der Waals surface area contributed by atoms with E-state index in [9.17, 15) is 4.79 Å². The van der Waals surface area contributed by atoms with Crippen molar-refractivity contribution < 1.29 is 9.32 Å². The molecule has 1 fully saturated rings. The monoisotopic (exact) mass is 210 g/mol. The number of aromatic nitrogens is 2. The number of carbonyl (C=O) groups excluding carboxylic acids is 1. The van der Waals surface area contributed by atoms with Gasteiger partial charge in [-0.05, 0) is 12.8 Å². The van der Waals surface area contributed by atoms with E-state index in [1.165, 1.54) is 6.42 Å². The minimum Gasteiger partial charge on any atom is -0.369 e. The molecule has 15 heavy (non-hydrogen) atoms. The van der Waals surface area contributed by atoms with Crippen molar-refractivity contribution in [1.29, 1.82) is 0 Å². The molecule has 0 spiro atoms. The van der Waals surface area contributed by atoms with Gasteiger partial charge in [-0.15, -0.1) is 0 Å². The molecule has 6 heteroatoms. The lowest BCUT2D eigenvalue weighted by molar-refractivity contribution is -0.117. The number of hydrogen-bond donors (Lipinski definition) is 2. The van der Waals surface area contributed by atoms with Gasteiger partial charge in [0.15, 0.2) is 5.82 Å². The fourth-order valence-corrected chi connectivity index (χ4v) is 1.46. The van der Waals surface area contributed by atoms with Crippen LogP contribution in [0.5, 0.6) is 0 Å². The summed E-state index contributed by atoms with van der Waals surface area (Å²) in [7, 11) is 0. The van der Waals surface area contributed by atoms with Crippen molar-refractivity contribution in [3.05, 3.63) is 11.7 Å². The maximum Gasteiger partial charge on any atom is 0.240 e. The largest absolute Gasteiger partial charge is 0.369 e. The van der Waals surface area contributed by atoms with Crippen LogP contribution in [0.2, 0.25) is 0 Å². The lowest BCUT2D eigenvalue weighted by Crippen LogP contribution is -2.28. The third-order valence-electron chi connectivity index (χ3n) is 2.53. The van der Waals surface area contributed by atoms with Crippen LogP contribution in [-0.4, -0.2) is 22.6 Å². The van der Waals surface area contributed by atoms with E-state index in [0.717, 1.165) is 18.7 Å². The quantitative estimate of drug-likeness (QED) is 0.708. The Bertz CT molecular complexity index is 346. The Morgan fingerprint density at radius 3 is 3.00 bits per heavy atom. The number of nitrogens with zero attached hydrogens (tertiary/aromatic N) is 2. The highest BCUT2D eigenvalue weighted by Gasteiger charge is 2.24. The van der Waals surface area contributed by atoms with Crippen LogP contribution < -0.4 is 11.1 Å². The molecule has 0 aromatic carbocycles. The normalized spacial score (nSPS) is 16.3. The first kappa shape index (κ1) is 10.1. The number of nitrogens with two attached hydrogens (primary N) is 1. The highest BCUT2D eigenvalue weighted by molar-refractivity contribution is 5.75. The third-order valence-corrected chi connectivity index (χ3v) is 2.53. The average molecular weight is 210 g/mol. The van der Waals surface area contributed by atoms with Gasteiger partial charge in [0.05, 0.1) is 13.1 Å². The predicted octanol–water partition coefficient (Wildman–Crippen LogP) is -0.0880. The smallest absolute Gasteiger partial charge is 0.240 e. The summed E-state index contributed by atoms with van der Waals surface area (Å²) in [6.45, 7) is 0.518. The van der Waals surface area contributed by atoms with Crippen molar-refractivity contribution >= 4 is 5.91 Å². The van der Waals surface area contributed by atoms with Crippen LogP contribution in [0, 0.1) is 0 Å².